The van der Waals surface area contributed by atoms with Crippen molar-refractivity contribution in [3.63, 3.8) is 0 Å². The van der Waals surface area contributed by atoms with Crippen molar-refractivity contribution in [3.05, 3.63) is 54.6 Å². The zero-order valence-corrected chi connectivity index (χ0v) is 14.9. The van der Waals surface area contributed by atoms with Crippen LogP contribution in [0.15, 0.2) is 64.8 Å². The fourth-order valence-corrected chi connectivity index (χ4v) is 2.89. The first-order chi connectivity index (χ1) is 12.1. The van der Waals surface area contributed by atoms with Crippen LogP contribution < -0.4 is 5.32 Å². The summed E-state index contributed by atoms with van der Waals surface area (Å²) in [6.45, 7) is 4.46. The standard InChI is InChI=1S/C21H25N3O/c1-15(2)8-9-16-14-20(16)21(25)22-17-10-12-19(13-11-17)24-23-18-6-4-3-5-7-18/h3-7,10-13,15-16,20H,8-9,14H2,1-2H3,(H,22,25)/t16-,20-/m0/s1. The summed E-state index contributed by atoms with van der Waals surface area (Å²) in [6.07, 6.45) is 3.39. The van der Waals surface area contributed by atoms with E-state index in [1.807, 2.05) is 54.6 Å². The maximum absolute atomic E-state index is 12.3. The lowest BCUT2D eigenvalue weighted by Gasteiger charge is -2.06. The molecular formula is C21H25N3O. The van der Waals surface area contributed by atoms with Gasteiger partial charge in [-0.3, -0.25) is 4.79 Å². The molecule has 1 saturated carbocycles. The minimum absolute atomic E-state index is 0.146. The van der Waals surface area contributed by atoms with E-state index in [4.69, 9.17) is 0 Å². The molecule has 1 aliphatic rings. The minimum atomic E-state index is 0.146. The third kappa shape index (κ3) is 5.24. The van der Waals surface area contributed by atoms with E-state index in [1.165, 1.54) is 6.42 Å². The molecule has 4 heteroatoms. The number of hydrogen-bond donors (Lipinski definition) is 1. The molecule has 1 N–H and O–H groups in total. The summed E-state index contributed by atoms with van der Waals surface area (Å²) >= 11 is 0. The topological polar surface area (TPSA) is 53.8 Å². The van der Waals surface area contributed by atoms with Crippen LogP contribution in [0.4, 0.5) is 17.1 Å². The van der Waals surface area contributed by atoms with Gasteiger partial charge >= 0.3 is 0 Å². The number of azo groups is 1. The second kappa shape index (κ2) is 8.06. The van der Waals surface area contributed by atoms with Crippen molar-refractivity contribution in [3.8, 4) is 0 Å². The first-order valence-electron chi connectivity index (χ1n) is 8.99. The van der Waals surface area contributed by atoms with Crippen LogP contribution in [0.5, 0.6) is 0 Å². The van der Waals surface area contributed by atoms with Gasteiger partial charge in [-0.1, -0.05) is 38.5 Å². The van der Waals surface area contributed by atoms with Gasteiger partial charge in [0.2, 0.25) is 5.91 Å². The zero-order chi connectivity index (χ0) is 17.6. The van der Waals surface area contributed by atoms with Gasteiger partial charge < -0.3 is 5.32 Å². The third-order valence-electron chi connectivity index (χ3n) is 4.55. The quantitative estimate of drug-likeness (QED) is 0.609. The van der Waals surface area contributed by atoms with Crippen molar-refractivity contribution >= 4 is 23.0 Å². The maximum Gasteiger partial charge on any atom is 0.227 e. The average Bonchev–Trinajstić information content (AvgIpc) is 3.40. The summed E-state index contributed by atoms with van der Waals surface area (Å²) in [5.41, 5.74) is 2.40. The van der Waals surface area contributed by atoms with Gasteiger partial charge in [0.15, 0.2) is 0 Å². The summed E-state index contributed by atoms with van der Waals surface area (Å²) in [7, 11) is 0. The number of nitrogens with zero attached hydrogens (tertiary/aromatic N) is 2. The number of rotatable bonds is 7. The fraction of sp³-hybridized carbons (Fsp3) is 0.381. The van der Waals surface area contributed by atoms with Gasteiger partial charge in [-0.05, 0) is 61.1 Å². The predicted molar refractivity (Wildman–Crippen MR) is 101 cm³/mol. The van der Waals surface area contributed by atoms with Crippen LogP contribution in [-0.4, -0.2) is 5.91 Å². The van der Waals surface area contributed by atoms with Crippen molar-refractivity contribution in [2.75, 3.05) is 5.32 Å². The molecule has 2 aromatic rings. The highest BCUT2D eigenvalue weighted by Crippen LogP contribution is 2.43. The molecule has 0 bridgehead atoms. The zero-order valence-electron chi connectivity index (χ0n) is 14.9. The second-order valence-electron chi connectivity index (χ2n) is 7.15. The van der Waals surface area contributed by atoms with E-state index in [0.717, 1.165) is 29.9 Å². The van der Waals surface area contributed by atoms with E-state index in [-0.39, 0.29) is 11.8 Å². The van der Waals surface area contributed by atoms with Gasteiger partial charge in [-0.25, -0.2) is 0 Å². The normalized spacial score (nSPS) is 19.3. The Bertz CT molecular complexity index is 723. The van der Waals surface area contributed by atoms with E-state index in [9.17, 15) is 4.79 Å². The van der Waals surface area contributed by atoms with Gasteiger partial charge in [-0.2, -0.15) is 10.2 Å². The molecule has 1 fully saturated rings. The highest BCUT2D eigenvalue weighted by atomic mass is 16.2. The lowest BCUT2D eigenvalue weighted by atomic mass is 10.0. The molecule has 0 aromatic heterocycles. The molecule has 1 aliphatic carbocycles. The molecule has 0 spiro atoms. The van der Waals surface area contributed by atoms with Crippen LogP contribution in [0, 0.1) is 17.8 Å². The van der Waals surface area contributed by atoms with Crippen molar-refractivity contribution < 1.29 is 4.79 Å². The molecule has 130 valence electrons. The van der Waals surface area contributed by atoms with Gasteiger partial charge in [0, 0.05) is 11.6 Å². The molecule has 0 aliphatic heterocycles. The van der Waals surface area contributed by atoms with Gasteiger partial charge in [-0.15, -0.1) is 0 Å². The first-order valence-corrected chi connectivity index (χ1v) is 8.99. The highest BCUT2D eigenvalue weighted by Gasteiger charge is 2.42. The summed E-state index contributed by atoms with van der Waals surface area (Å²) in [5, 5.41) is 11.4. The van der Waals surface area contributed by atoms with E-state index in [2.05, 4.69) is 29.4 Å². The first kappa shape index (κ1) is 17.3. The third-order valence-corrected chi connectivity index (χ3v) is 4.55. The SMILES string of the molecule is CC(C)CC[C@H]1C[C@@H]1C(=O)Nc1ccc(N=Nc2ccccc2)cc1. The van der Waals surface area contributed by atoms with Crippen molar-refractivity contribution in [2.45, 2.75) is 33.1 Å². The van der Waals surface area contributed by atoms with E-state index < -0.39 is 0 Å². The smallest absolute Gasteiger partial charge is 0.227 e. The largest absolute Gasteiger partial charge is 0.326 e. The number of carbonyl (C=O) groups excluding carboxylic acids is 1. The highest BCUT2D eigenvalue weighted by molar-refractivity contribution is 5.94. The molecule has 2 atom stereocenters. The Kier molecular flexibility index (Phi) is 5.59. The molecule has 25 heavy (non-hydrogen) atoms. The molecule has 3 rings (SSSR count). The maximum atomic E-state index is 12.3. The van der Waals surface area contributed by atoms with Gasteiger partial charge in [0.05, 0.1) is 11.4 Å². The molecule has 0 heterocycles. The van der Waals surface area contributed by atoms with Crippen molar-refractivity contribution in [1.29, 1.82) is 0 Å². The summed E-state index contributed by atoms with van der Waals surface area (Å²) in [6, 6.07) is 17.1. The molecule has 4 nitrogen and oxygen atoms in total. The number of anilines is 1. The van der Waals surface area contributed by atoms with Gasteiger partial charge in [0.25, 0.3) is 0 Å². The molecular weight excluding hydrogens is 310 g/mol. The summed E-state index contributed by atoms with van der Waals surface area (Å²) in [5.74, 6) is 1.62. The Hall–Kier alpha value is -2.49. The lowest BCUT2D eigenvalue weighted by molar-refractivity contribution is -0.117. The lowest BCUT2D eigenvalue weighted by Crippen LogP contribution is -2.14. The van der Waals surface area contributed by atoms with E-state index >= 15 is 0 Å². The van der Waals surface area contributed by atoms with Crippen LogP contribution in [-0.2, 0) is 4.79 Å². The number of amides is 1. The van der Waals surface area contributed by atoms with Crippen LogP contribution >= 0.6 is 0 Å². The van der Waals surface area contributed by atoms with Crippen LogP contribution in [0.2, 0.25) is 0 Å². The number of carbonyl (C=O) groups is 1. The number of nitrogens with one attached hydrogen (secondary N) is 1. The summed E-state index contributed by atoms with van der Waals surface area (Å²) < 4.78 is 0. The molecule has 2 aromatic carbocycles. The number of benzene rings is 2. The number of hydrogen-bond acceptors (Lipinski definition) is 3. The van der Waals surface area contributed by atoms with Crippen LogP contribution in [0.1, 0.15) is 33.1 Å². The Morgan fingerprint density at radius 2 is 1.68 bits per heavy atom. The van der Waals surface area contributed by atoms with Crippen LogP contribution in [0.3, 0.4) is 0 Å². The average molecular weight is 335 g/mol. The van der Waals surface area contributed by atoms with E-state index in [1.54, 1.807) is 0 Å². The predicted octanol–water partition coefficient (Wildman–Crippen LogP) is 6.11. The van der Waals surface area contributed by atoms with Crippen molar-refractivity contribution in [1.82, 2.24) is 0 Å². The molecule has 0 saturated heterocycles. The molecule has 0 unspecified atom stereocenters. The molecule has 0 radical (unpaired) electrons. The Balaban J connectivity index is 1.50. The second-order valence-corrected chi connectivity index (χ2v) is 7.15. The van der Waals surface area contributed by atoms with Crippen molar-refractivity contribution in [2.24, 2.45) is 28.0 Å². The minimum Gasteiger partial charge on any atom is -0.326 e. The monoisotopic (exact) mass is 335 g/mol. The van der Waals surface area contributed by atoms with Gasteiger partial charge in [0.1, 0.15) is 0 Å². The van der Waals surface area contributed by atoms with E-state index in [0.29, 0.717) is 11.8 Å². The Morgan fingerprint density at radius 3 is 2.32 bits per heavy atom. The molecule has 1 amide bonds. The Labute approximate surface area is 149 Å². The summed E-state index contributed by atoms with van der Waals surface area (Å²) in [4.78, 5) is 12.3. The fourth-order valence-electron chi connectivity index (χ4n) is 2.89. The van der Waals surface area contributed by atoms with Crippen LogP contribution in [0.25, 0.3) is 0 Å². The Morgan fingerprint density at radius 1 is 1.04 bits per heavy atom.